The van der Waals surface area contributed by atoms with Gasteiger partial charge in [0.1, 0.15) is 0 Å². The summed E-state index contributed by atoms with van der Waals surface area (Å²) in [4.78, 5) is 24.2. The third kappa shape index (κ3) is 4.75. The number of carboxylic acid groups (broad SMARTS) is 1. The van der Waals surface area contributed by atoms with Crippen LogP contribution in [0.4, 0.5) is 0 Å². The molecule has 0 bridgehead atoms. The molecule has 0 rings (SSSR count). The average Bonchev–Trinajstić information content (AvgIpc) is 2.10. The molecule has 14 heavy (non-hydrogen) atoms. The van der Waals surface area contributed by atoms with E-state index in [0.29, 0.717) is 12.8 Å². The van der Waals surface area contributed by atoms with E-state index in [1.807, 2.05) is 0 Å². The van der Waals surface area contributed by atoms with Crippen LogP contribution in [0.5, 0.6) is 0 Å². The third-order valence-corrected chi connectivity index (χ3v) is 1.69. The maximum atomic E-state index is 10.7. The number of hydrogen-bond acceptors (Lipinski definition) is 6. The second kappa shape index (κ2) is 5.53. The molecule has 0 aromatic rings. The lowest BCUT2D eigenvalue weighted by Gasteiger charge is -2.19. The Labute approximate surface area is 80.6 Å². The van der Waals surface area contributed by atoms with Gasteiger partial charge in [0.2, 0.25) is 0 Å². The zero-order valence-corrected chi connectivity index (χ0v) is 7.60. The highest BCUT2D eigenvalue weighted by Crippen LogP contribution is 2.08. The van der Waals surface area contributed by atoms with Gasteiger partial charge < -0.3 is 16.6 Å². The fraction of sp³-hybridized carbons (Fsp3) is 0.714. The van der Waals surface area contributed by atoms with Crippen molar-refractivity contribution in [2.24, 2.45) is 11.5 Å². The second-order valence-electron chi connectivity index (χ2n) is 3.02. The van der Waals surface area contributed by atoms with E-state index in [1.165, 1.54) is 0 Å². The molecular weight excluding hydrogens is 192 g/mol. The number of unbranched alkanes of at least 4 members (excludes halogenated alkanes) is 1. The summed E-state index contributed by atoms with van der Waals surface area (Å²) in [5.74, 6) is -2.05. The van der Waals surface area contributed by atoms with Gasteiger partial charge in [0.25, 0.3) is 0 Å². The number of carboxylic acids is 1. The number of aliphatic carboxylic acids is 1. The predicted molar refractivity (Wildman–Crippen MR) is 45.9 cm³/mol. The first-order valence-electron chi connectivity index (χ1n) is 4.05. The van der Waals surface area contributed by atoms with Crippen molar-refractivity contribution in [3.63, 3.8) is 0 Å². The molecule has 0 radical (unpaired) electrons. The van der Waals surface area contributed by atoms with Crippen molar-refractivity contribution in [2.45, 2.75) is 31.3 Å². The van der Waals surface area contributed by atoms with Gasteiger partial charge in [-0.1, -0.05) is 0 Å². The highest BCUT2D eigenvalue weighted by atomic mass is 17.1. The van der Waals surface area contributed by atoms with Gasteiger partial charge >= 0.3 is 11.9 Å². The monoisotopic (exact) mass is 206 g/mol. The Morgan fingerprint density at radius 3 is 2.29 bits per heavy atom. The number of hydrogen-bond donors (Lipinski definition) is 4. The molecule has 0 aliphatic rings. The zero-order valence-electron chi connectivity index (χ0n) is 7.60. The van der Waals surface area contributed by atoms with Crippen molar-refractivity contribution >= 4 is 11.9 Å². The molecule has 0 aliphatic carbocycles. The van der Waals surface area contributed by atoms with Crippen LogP contribution in [-0.4, -0.2) is 28.0 Å². The quantitative estimate of drug-likeness (QED) is 0.194. The Morgan fingerprint density at radius 1 is 1.29 bits per heavy atom. The lowest BCUT2D eigenvalue weighted by atomic mass is 10.0. The smallest absolute Gasteiger partial charge is 0.375 e. The van der Waals surface area contributed by atoms with Crippen LogP contribution in [0.25, 0.3) is 0 Å². The van der Waals surface area contributed by atoms with Gasteiger partial charge in [-0.3, -0.25) is 9.68 Å². The Hall–Kier alpha value is -1.18. The van der Waals surface area contributed by atoms with Crippen LogP contribution in [0.3, 0.4) is 0 Å². The van der Waals surface area contributed by atoms with Gasteiger partial charge in [-0.2, -0.15) is 5.26 Å². The molecule has 0 spiro atoms. The highest BCUT2D eigenvalue weighted by molar-refractivity contribution is 5.78. The first kappa shape index (κ1) is 12.8. The van der Waals surface area contributed by atoms with Gasteiger partial charge in [-0.25, -0.2) is 4.79 Å². The summed E-state index contributed by atoms with van der Waals surface area (Å²) >= 11 is 0. The zero-order chi connectivity index (χ0) is 11.2. The van der Waals surface area contributed by atoms with E-state index in [-0.39, 0.29) is 12.8 Å². The normalized spacial score (nSPS) is 11.1. The molecular formula is C7H14N2O5. The van der Waals surface area contributed by atoms with Gasteiger partial charge in [-0.05, 0) is 19.3 Å². The van der Waals surface area contributed by atoms with Crippen LogP contribution in [0, 0.1) is 0 Å². The van der Waals surface area contributed by atoms with E-state index in [1.54, 1.807) is 0 Å². The number of rotatable bonds is 6. The van der Waals surface area contributed by atoms with E-state index in [9.17, 15) is 9.59 Å². The number of carbonyl (C=O) groups is 2. The van der Waals surface area contributed by atoms with Gasteiger partial charge in [0.15, 0.2) is 5.66 Å². The van der Waals surface area contributed by atoms with Crippen LogP contribution in [0.1, 0.15) is 25.7 Å². The van der Waals surface area contributed by atoms with E-state index in [2.05, 4.69) is 4.89 Å². The topological polar surface area (TPSA) is 136 Å². The van der Waals surface area contributed by atoms with E-state index < -0.39 is 17.6 Å². The van der Waals surface area contributed by atoms with Crippen molar-refractivity contribution in [1.29, 1.82) is 0 Å². The van der Waals surface area contributed by atoms with Crippen LogP contribution >= 0.6 is 0 Å². The van der Waals surface area contributed by atoms with Crippen molar-refractivity contribution in [2.75, 3.05) is 0 Å². The van der Waals surface area contributed by atoms with E-state index in [0.717, 1.165) is 0 Å². The Bertz CT molecular complexity index is 216. The van der Waals surface area contributed by atoms with E-state index >= 15 is 0 Å². The summed E-state index contributed by atoms with van der Waals surface area (Å²) in [5.41, 5.74) is 8.81. The molecule has 7 heteroatoms. The fourth-order valence-corrected chi connectivity index (χ4v) is 0.881. The summed E-state index contributed by atoms with van der Waals surface area (Å²) in [6.45, 7) is 0. The molecule has 7 nitrogen and oxygen atoms in total. The molecule has 0 saturated carbocycles. The average molecular weight is 206 g/mol. The maximum absolute atomic E-state index is 10.7. The highest BCUT2D eigenvalue weighted by Gasteiger charge is 2.30. The molecule has 0 saturated heterocycles. The number of nitrogens with two attached hydrogens (primary N) is 2. The van der Waals surface area contributed by atoms with Gasteiger partial charge in [0.05, 0.1) is 0 Å². The van der Waals surface area contributed by atoms with Crippen LogP contribution in [0.2, 0.25) is 0 Å². The largest absolute Gasteiger partial charge is 0.481 e. The molecule has 0 aliphatic heterocycles. The standard InChI is InChI=1S/C7H14N2O5/c8-7(9,6(12)14-13)4-2-1-3-5(10)11/h13H,1-4,8-9H2,(H,10,11). The fourth-order valence-electron chi connectivity index (χ4n) is 0.881. The van der Waals surface area contributed by atoms with E-state index in [4.69, 9.17) is 21.8 Å². The van der Waals surface area contributed by atoms with Crippen molar-refractivity contribution in [3.8, 4) is 0 Å². The van der Waals surface area contributed by atoms with Crippen molar-refractivity contribution in [1.82, 2.24) is 0 Å². The maximum Gasteiger partial charge on any atom is 0.375 e. The number of carbonyl (C=O) groups excluding carboxylic acids is 1. The lowest BCUT2D eigenvalue weighted by molar-refractivity contribution is -0.240. The molecule has 0 fully saturated rings. The molecule has 0 aromatic carbocycles. The van der Waals surface area contributed by atoms with Crippen LogP contribution in [0.15, 0.2) is 0 Å². The summed E-state index contributed by atoms with van der Waals surface area (Å²) < 4.78 is 0. The first-order chi connectivity index (χ1) is 6.40. The molecule has 0 amide bonds. The Kier molecular flexibility index (Phi) is 5.06. The van der Waals surface area contributed by atoms with Gasteiger partial charge in [0, 0.05) is 6.42 Å². The van der Waals surface area contributed by atoms with Crippen molar-refractivity contribution in [3.05, 3.63) is 0 Å². The predicted octanol–water partition coefficient (Wildman–Crippen LogP) is -0.739. The summed E-state index contributed by atoms with van der Waals surface area (Å²) in [7, 11) is 0. The third-order valence-electron chi connectivity index (χ3n) is 1.69. The minimum atomic E-state index is -1.76. The SMILES string of the molecule is NC(N)(CCCCC(=O)O)C(=O)OO. The summed E-state index contributed by atoms with van der Waals surface area (Å²) in [6.07, 6.45) is 0.780. The Morgan fingerprint density at radius 2 is 1.86 bits per heavy atom. The molecule has 6 N–H and O–H groups in total. The molecule has 0 unspecified atom stereocenters. The van der Waals surface area contributed by atoms with Crippen LogP contribution in [-0.2, 0) is 14.5 Å². The Balaban J connectivity index is 3.76. The molecule has 0 heterocycles. The van der Waals surface area contributed by atoms with Crippen LogP contribution < -0.4 is 11.5 Å². The van der Waals surface area contributed by atoms with Gasteiger partial charge in [-0.15, -0.1) is 0 Å². The second-order valence-corrected chi connectivity index (χ2v) is 3.02. The molecule has 0 atom stereocenters. The first-order valence-corrected chi connectivity index (χ1v) is 4.05. The summed E-state index contributed by atoms with van der Waals surface area (Å²) in [6, 6.07) is 0. The lowest BCUT2D eigenvalue weighted by Crippen LogP contribution is -2.56. The molecule has 0 aromatic heterocycles. The minimum Gasteiger partial charge on any atom is -0.481 e. The van der Waals surface area contributed by atoms with Crippen molar-refractivity contribution < 1.29 is 24.8 Å². The minimum absolute atomic E-state index is 0.00967. The molecule has 82 valence electrons. The summed E-state index contributed by atoms with van der Waals surface area (Å²) in [5, 5.41) is 16.3.